The second-order valence-corrected chi connectivity index (χ2v) is 5.37. The van der Waals surface area contributed by atoms with Crippen LogP contribution < -0.4 is 5.32 Å². The Morgan fingerprint density at radius 2 is 1.94 bits per heavy atom. The van der Waals surface area contributed by atoms with Crippen LogP contribution in [0, 0.1) is 11.8 Å². The molecule has 2 amide bonds. The molecule has 1 heterocycles. The lowest BCUT2D eigenvalue weighted by molar-refractivity contribution is -0.145. The van der Waals surface area contributed by atoms with Gasteiger partial charge >= 0.3 is 0 Å². The molecule has 3 aliphatic rings. The molecule has 1 atom stereocenters. The maximum absolute atomic E-state index is 12.1. The summed E-state index contributed by atoms with van der Waals surface area (Å²) in [5.74, 6) is 1.41. The van der Waals surface area contributed by atoms with E-state index in [4.69, 9.17) is 0 Å². The molecule has 1 N–H and O–H groups in total. The lowest BCUT2D eigenvalue weighted by atomic mass is 10.1. The normalized spacial score (nSPS) is 30.5. The van der Waals surface area contributed by atoms with Crippen LogP contribution in [0.1, 0.15) is 32.1 Å². The van der Waals surface area contributed by atoms with E-state index in [0.717, 1.165) is 31.7 Å². The molecule has 0 aromatic heterocycles. The van der Waals surface area contributed by atoms with Crippen LogP contribution in [-0.2, 0) is 9.59 Å². The Hall–Kier alpha value is -1.06. The van der Waals surface area contributed by atoms with Crippen LogP contribution in [0.25, 0.3) is 0 Å². The molecule has 2 aliphatic carbocycles. The van der Waals surface area contributed by atoms with Gasteiger partial charge in [-0.15, -0.1) is 0 Å². The summed E-state index contributed by atoms with van der Waals surface area (Å²) in [6.45, 7) is 1.05. The zero-order chi connectivity index (χ0) is 11.1. The largest absolute Gasteiger partial charge is 0.342 e. The molecule has 2 saturated carbocycles. The molecular formula is C12H18N2O2. The van der Waals surface area contributed by atoms with Crippen molar-refractivity contribution in [3.05, 3.63) is 0 Å². The van der Waals surface area contributed by atoms with Crippen LogP contribution in [-0.4, -0.2) is 35.8 Å². The number of piperazine rings is 1. The molecule has 0 spiro atoms. The molecule has 0 aromatic rings. The van der Waals surface area contributed by atoms with Gasteiger partial charge in [-0.05, 0) is 31.1 Å². The van der Waals surface area contributed by atoms with Crippen molar-refractivity contribution in [1.82, 2.24) is 10.2 Å². The molecule has 88 valence electrons. The van der Waals surface area contributed by atoms with Crippen molar-refractivity contribution in [2.24, 2.45) is 11.8 Å². The summed E-state index contributed by atoms with van der Waals surface area (Å²) >= 11 is 0. The fourth-order valence-electron chi connectivity index (χ4n) is 2.41. The van der Waals surface area contributed by atoms with Crippen molar-refractivity contribution in [1.29, 1.82) is 0 Å². The fourth-order valence-corrected chi connectivity index (χ4v) is 2.41. The highest BCUT2D eigenvalue weighted by atomic mass is 16.2. The van der Waals surface area contributed by atoms with Crippen LogP contribution in [0.3, 0.4) is 0 Å². The van der Waals surface area contributed by atoms with Gasteiger partial charge in [0.05, 0.1) is 6.54 Å². The van der Waals surface area contributed by atoms with E-state index in [1.54, 1.807) is 4.90 Å². The molecule has 3 fully saturated rings. The second-order valence-electron chi connectivity index (χ2n) is 5.37. The number of amides is 2. The first-order valence-electron chi connectivity index (χ1n) is 6.32. The Balaban J connectivity index is 1.61. The molecule has 1 aliphatic heterocycles. The predicted octanol–water partition coefficient (Wildman–Crippen LogP) is 0.524. The summed E-state index contributed by atoms with van der Waals surface area (Å²) in [4.78, 5) is 25.4. The van der Waals surface area contributed by atoms with Crippen molar-refractivity contribution < 1.29 is 9.59 Å². The number of nitrogens with one attached hydrogen (secondary N) is 1. The Morgan fingerprint density at radius 1 is 1.19 bits per heavy atom. The predicted molar refractivity (Wildman–Crippen MR) is 58.6 cm³/mol. The summed E-state index contributed by atoms with van der Waals surface area (Å²) in [6.07, 6.45) is 5.87. The van der Waals surface area contributed by atoms with E-state index < -0.39 is 0 Å². The molecule has 16 heavy (non-hydrogen) atoms. The van der Waals surface area contributed by atoms with Crippen LogP contribution in [0.4, 0.5) is 0 Å². The number of hydrogen-bond acceptors (Lipinski definition) is 2. The van der Waals surface area contributed by atoms with E-state index >= 15 is 0 Å². The highest BCUT2D eigenvalue weighted by Gasteiger charge is 2.42. The standard InChI is InChI=1S/C12H18N2O2/c15-10-7-14(6-5-8-1-2-8)12(16)11(13-10)9-3-4-9/h8-9,11H,1-7H2,(H,13,15). The molecule has 0 aromatic carbocycles. The first-order valence-corrected chi connectivity index (χ1v) is 6.32. The van der Waals surface area contributed by atoms with Crippen molar-refractivity contribution in [2.45, 2.75) is 38.1 Å². The monoisotopic (exact) mass is 222 g/mol. The number of carbonyl (C=O) groups excluding carboxylic acids is 2. The molecule has 1 saturated heterocycles. The average Bonchev–Trinajstić information content (AvgIpc) is 3.13. The number of carbonyl (C=O) groups is 2. The van der Waals surface area contributed by atoms with Gasteiger partial charge in [-0.2, -0.15) is 0 Å². The smallest absolute Gasteiger partial charge is 0.245 e. The molecule has 0 radical (unpaired) electrons. The third-order valence-electron chi connectivity index (χ3n) is 3.83. The van der Waals surface area contributed by atoms with Crippen molar-refractivity contribution in [2.75, 3.05) is 13.1 Å². The van der Waals surface area contributed by atoms with Crippen LogP contribution >= 0.6 is 0 Å². The van der Waals surface area contributed by atoms with Gasteiger partial charge in [-0.1, -0.05) is 12.8 Å². The van der Waals surface area contributed by atoms with E-state index in [2.05, 4.69) is 5.32 Å². The SMILES string of the molecule is O=C1CN(CCC2CC2)C(=O)C(C2CC2)N1. The quantitative estimate of drug-likeness (QED) is 0.754. The van der Waals surface area contributed by atoms with Gasteiger partial charge in [0.2, 0.25) is 11.8 Å². The van der Waals surface area contributed by atoms with E-state index in [-0.39, 0.29) is 24.4 Å². The van der Waals surface area contributed by atoms with Gasteiger partial charge in [0.25, 0.3) is 0 Å². The zero-order valence-electron chi connectivity index (χ0n) is 9.45. The van der Waals surface area contributed by atoms with Gasteiger partial charge in [0.15, 0.2) is 0 Å². The summed E-state index contributed by atoms with van der Waals surface area (Å²) in [5.41, 5.74) is 0. The molecule has 4 nitrogen and oxygen atoms in total. The maximum Gasteiger partial charge on any atom is 0.245 e. The minimum absolute atomic E-state index is 0.0206. The van der Waals surface area contributed by atoms with Crippen molar-refractivity contribution in [3.63, 3.8) is 0 Å². The Labute approximate surface area is 95.4 Å². The Kier molecular flexibility index (Phi) is 2.37. The van der Waals surface area contributed by atoms with Gasteiger partial charge < -0.3 is 10.2 Å². The fraction of sp³-hybridized carbons (Fsp3) is 0.833. The first kappa shape index (κ1) is 10.1. The van der Waals surface area contributed by atoms with Crippen LogP contribution in [0.5, 0.6) is 0 Å². The van der Waals surface area contributed by atoms with E-state index in [1.807, 2.05) is 0 Å². The zero-order valence-corrected chi connectivity index (χ0v) is 9.45. The Bertz CT molecular complexity index is 321. The molecule has 1 unspecified atom stereocenters. The highest BCUT2D eigenvalue weighted by molar-refractivity contribution is 5.95. The number of hydrogen-bond donors (Lipinski definition) is 1. The summed E-state index contributed by atoms with van der Waals surface area (Å²) in [5, 5.41) is 2.83. The van der Waals surface area contributed by atoms with Crippen molar-refractivity contribution >= 4 is 11.8 Å². The summed E-state index contributed by atoms with van der Waals surface area (Å²) in [7, 11) is 0. The van der Waals surface area contributed by atoms with E-state index in [9.17, 15) is 9.59 Å². The molecule has 0 bridgehead atoms. The highest BCUT2D eigenvalue weighted by Crippen LogP contribution is 2.35. The first-order chi connectivity index (χ1) is 7.74. The van der Waals surface area contributed by atoms with Gasteiger partial charge in [-0.25, -0.2) is 0 Å². The third kappa shape index (κ3) is 2.06. The molecule has 4 heteroatoms. The lowest BCUT2D eigenvalue weighted by Gasteiger charge is -2.32. The van der Waals surface area contributed by atoms with Gasteiger partial charge in [0, 0.05) is 6.54 Å². The Morgan fingerprint density at radius 3 is 2.56 bits per heavy atom. The number of nitrogens with zero attached hydrogens (tertiary/aromatic N) is 1. The second kappa shape index (κ2) is 3.75. The third-order valence-corrected chi connectivity index (χ3v) is 3.83. The number of rotatable bonds is 4. The summed E-state index contributed by atoms with van der Waals surface area (Å²) < 4.78 is 0. The van der Waals surface area contributed by atoms with E-state index in [0.29, 0.717) is 5.92 Å². The van der Waals surface area contributed by atoms with Crippen molar-refractivity contribution in [3.8, 4) is 0 Å². The minimum atomic E-state index is -0.208. The lowest BCUT2D eigenvalue weighted by Crippen LogP contribution is -2.59. The van der Waals surface area contributed by atoms with Gasteiger partial charge in [-0.3, -0.25) is 9.59 Å². The average molecular weight is 222 g/mol. The molecular weight excluding hydrogens is 204 g/mol. The molecule has 3 rings (SSSR count). The minimum Gasteiger partial charge on any atom is -0.342 e. The van der Waals surface area contributed by atoms with Crippen LogP contribution in [0.15, 0.2) is 0 Å². The maximum atomic E-state index is 12.1. The topological polar surface area (TPSA) is 49.4 Å². The summed E-state index contributed by atoms with van der Waals surface area (Å²) in [6, 6.07) is -0.208. The van der Waals surface area contributed by atoms with E-state index in [1.165, 1.54) is 12.8 Å². The van der Waals surface area contributed by atoms with Crippen LogP contribution in [0.2, 0.25) is 0 Å². The van der Waals surface area contributed by atoms with Gasteiger partial charge in [0.1, 0.15) is 6.04 Å².